The molecule has 0 bridgehead atoms. The Labute approximate surface area is 589 Å². The van der Waals surface area contributed by atoms with Crippen LogP contribution in [-0.4, -0.2) is 104 Å². The van der Waals surface area contributed by atoms with Gasteiger partial charge in [-0.1, -0.05) is 202 Å². The lowest BCUT2D eigenvalue weighted by atomic mass is 8.64. The van der Waals surface area contributed by atoms with Gasteiger partial charge in [0.1, 0.15) is 0 Å². The topological polar surface area (TPSA) is 87.2 Å². The lowest BCUT2D eigenvalue weighted by Crippen LogP contribution is -2.55. The summed E-state index contributed by atoms with van der Waals surface area (Å²) in [4.78, 5) is 29.1. The van der Waals surface area contributed by atoms with E-state index >= 15 is 0 Å². The summed E-state index contributed by atoms with van der Waals surface area (Å²) >= 11 is 7.16. The Bertz CT molecular complexity index is 5010. The molecule has 0 aliphatic heterocycles. The van der Waals surface area contributed by atoms with Gasteiger partial charge in [0.2, 0.25) is 0 Å². The molecule has 0 N–H and O–H groups in total. The largest absolute Gasteiger partial charge is 0.309 e. The zero-order chi connectivity index (χ0) is 66.4. The number of halogens is 2. The second-order valence-corrected chi connectivity index (χ2v) is 25.1. The van der Waals surface area contributed by atoms with Crippen LogP contribution in [0.4, 0.5) is 0 Å². The Kier molecular flexibility index (Phi) is 19.2. The Morgan fingerprint density at radius 1 is 0.289 bits per heavy atom. The standard InChI is InChI=1S/C60H39N7.C18H11Br2N.B9/c1-4-14-44(15-5-1)59-63-53(38-55(65-59)51-20-10-12-34-61-51)42-26-22-40(23-27-42)46-30-32-57-49(36-46)50-37-47(31-33-58(50)67(57)48-18-8-3-9-19-48)41-24-28-43(29-25-41)54-39-56(52-21-11-13-35-62-52)66-60(64-54)45-16-6-2-7-17-45;19-12-6-8-17-15(10-12)16-11-13(20)7-9-18(16)21(17)14-4-2-1-3-5-14;1-6-9(7(2)3)8(4)5/h1-39H;1-11H;. The molecule has 8 nitrogen and oxygen atoms in total. The maximum absolute atomic E-state index is 5.25. The van der Waals surface area contributed by atoms with Crippen LogP contribution in [0.1, 0.15) is 0 Å². The van der Waals surface area contributed by atoms with E-state index in [9.17, 15) is 0 Å². The van der Waals surface area contributed by atoms with Crippen LogP contribution < -0.4 is 0 Å². The molecule has 97 heavy (non-hydrogen) atoms. The SMILES string of the molecule is Brc1ccc2c(c1)c1cc(Br)ccc1n2-c1ccccc1.[B][B]B(B([B])[B])B([B])[B].c1ccc(-c2nc(-c3ccc(-c4ccc5c(c4)c4cc(-c6ccc(-c7cc(-c8ccccn8)nc(-c8ccccc8)n7)cc6)ccc4n5-c4ccccc4)cc3)cc(-c3ccccn3)n2)cc1. The summed E-state index contributed by atoms with van der Waals surface area (Å²) in [5.41, 5.74) is 20.3. The Morgan fingerprint density at radius 2 is 0.608 bits per heavy atom. The number of hydrogen-bond donors (Lipinski definition) is 0. The van der Waals surface area contributed by atoms with Crippen molar-refractivity contribution in [3.8, 4) is 102 Å². The molecule has 0 aliphatic carbocycles. The van der Waals surface area contributed by atoms with E-state index in [1.54, 1.807) is 12.4 Å². The number of aromatic nitrogens is 8. The van der Waals surface area contributed by atoms with Gasteiger partial charge in [-0.2, -0.15) is 0 Å². The molecule has 0 saturated carbocycles. The van der Waals surface area contributed by atoms with Crippen molar-refractivity contribution in [3.63, 3.8) is 0 Å². The summed E-state index contributed by atoms with van der Waals surface area (Å²) in [6.07, 6.45) is 2.13. The van der Waals surface area contributed by atoms with Crippen LogP contribution in [0.2, 0.25) is 0 Å². The maximum Gasteiger partial charge on any atom is 0.160 e. The predicted octanol–water partition coefficient (Wildman–Crippen LogP) is 17.4. The van der Waals surface area contributed by atoms with Gasteiger partial charge in [-0.05, 0) is 144 Å². The van der Waals surface area contributed by atoms with E-state index in [0.717, 1.165) is 104 Å². The summed E-state index contributed by atoms with van der Waals surface area (Å²) in [6.45, 7) is 0. The van der Waals surface area contributed by atoms with E-state index in [1.165, 1.54) is 45.3 Å². The lowest BCUT2D eigenvalue weighted by Gasteiger charge is -2.17. The molecular formula is C78H50B9Br2N8. The Hall–Kier alpha value is -10.2. The first-order valence-electron chi connectivity index (χ1n) is 31.6. The molecule has 16 aromatic rings. The molecular weight excluding hydrogens is 1310 g/mol. The second kappa shape index (κ2) is 29.0. The fraction of sp³-hybridized carbons (Fsp3) is 0. The van der Waals surface area contributed by atoms with Gasteiger partial charge in [-0.15, -0.1) is 0 Å². The number of nitrogens with zero attached hydrogens (tertiary/aromatic N) is 8. The average Bonchev–Trinajstić information content (AvgIpc) is 1.59. The van der Waals surface area contributed by atoms with E-state index in [1.807, 2.05) is 115 Å². The quantitative estimate of drug-likeness (QED) is 0.107. The zero-order valence-electron chi connectivity index (χ0n) is 52.4. The first-order valence-corrected chi connectivity index (χ1v) is 33.2. The minimum Gasteiger partial charge on any atom is -0.309 e. The molecule has 0 fully saturated rings. The molecule has 0 amide bonds. The summed E-state index contributed by atoms with van der Waals surface area (Å²) < 4.78 is 6.87. The third-order valence-corrected chi connectivity index (χ3v) is 18.0. The van der Waals surface area contributed by atoms with Gasteiger partial charge in [-0.25, -0.2) is 19.9 Å². The minimum atomic E-state index is -0.574. The van der Waals surface area contributed by atoms with Crippen molar-refractivity contribution >= 4 is 140 Å². The molecule has 11 radical (unpaired) electrons. The van der Waals surface area contributed by atoms with Gasteiger partial charge in [0, 0.05) is 141 Å². The van der Waals surface area contributed by atoms with Crippen LogP contribution in [0, 0.1) is 0 Å². The molecule has 6 aromatic heterocycles. The van der Waals surface area contributed by atoms with Gasteiger partial charge in [-0.3, -0.25) is 9.97 Å². The molecule has 19 heteroatoms. The maximum atomic E-state index is 5.25. The van der Waals surface area contributed by atoms with Gasteiger partial charge >= 0.3 is 0 Å². The third kappa shape index (κ3) is 14.0. The lowest BCUT2D eigenvalue weighted by molar-refractivity contribution is 1.16. The van der Waals surface area contributed by atoms with Crippen LogP contribution in [-0.2, 0) is 0 Å². The van der Waals surface area contributed by atoms with Crippen LogP contribution in [0.15, 0.2) is 313 Å². The molecule has 0 spiro atoms. The first kappa shape index (κ1) is 64.2. The molecule has 10 aromatic carbocycles. The summed E-state index contributed by atoms with van der Waals surface area (Å²) in [6, 6.07) is 101. The van der Waals surface area contributed by atoms with Crippen molar-refractivity contribution in [1.29, 1.82) is 0 Å². The van der Waals surface area contributed by atoms with Crippen LogP contribution >= 0.6 is 31.9 Å². The Morgan fingerprint density at radius 3 is 0.948 bits per heavy atom. The fourth-order valence-electron chi connectivity index (χ4n) is 12.2. The van der Waals surface area contributed by atoms with Crippen LogP contribution in [0.3, 0.4) is 0 Å². The van der Waals surface area contributed by atoms with Crippen molar-refractivity contribution in [2.45, 2.75) is 0 Å². The summed E-state index contributed by atoms with van der Waals surface area (Å²) in [5.74, 6) is 1.33. The van der Waals surface area contributed by atoms with Crippen molar-refractivity contribution in [2.75, 3.05) is 0 Å². The van der Waals surface area contributed by atoms with E-state index in [0.29, 0.717) is 11.6 Å². The second-order valence-electron chi connectivity index (χ2n) is 23.3. The van der Waals surface area contributed by atoms with Crippen LogP contribution in [0.5, 0.6) is 0 Å². The number of rotatable bonds is 13. The fourth-order valence-corrected chi connectivity index (χ4v) is 12.9. The van der Waals surface area contributed by atoms with E-state index in [2.05, 4.69) is 227 Å². The molecule has 0 saturated heterocycles. The molecule has 0 unspecified atom stereocenters. The van der Waals surface area contributed by atoms with E-state index in [4.69, 9.17) is 58.6 Å². The average molecular weight is 1360 g/mol. The van der Waals surface area contributed by atoms with Gasteiger partial charge in [0.05, 0.1) is 56.2 Å². The Balaban J connectivity index is 0.000000220. The highest BCUT2D eigenvalue weighted by Crippen LogP contribution is 2.40. The molecule has 0 aliphatic rings. The number of fused-ring (bicyclic) bond motifs is 6. The van der Waals surface area contributed by atoms with Crippen molar-refractivity contribution in [1.82, 2.24) is 39.0 Å². The zero-order valence-corrected chi connectivity index (χ0v) is 55.6. The smallest absolute Gasteiger partial charge is 0.160 e. The summed E-state index contributed by atoms with van der Waals surface area (Å²) in [7, 11) is 27.5. The monoisotopic (exact) mass is 1360 g/mol. The number of hydrogen-bond acceptors (Lipinski definition) is 6. The summed E-state index contributed by atoms with van der Waals surface area (Å²) in [5, 5.41) is 4.87. The molecule has 16 rings (SSSR count). The van der Waals surface area contributed by atoms with Crippen molar-refractivity contribution in [2.24, 2.45) is 0 Å². The normalized spacial score (nSPS) is 11.0. The minimum absolute atomic E-state index is 0.315. The van der Waals surface area contributed by atoms with Gasteiger partial charge in [0.25, 0.3) is 0 Å². The number of pyridine rings is 2. The number of benzene rings is 10. The van der Waals surface area contributed by atoms with E-state index < -0.39 is 12.8 Å². The van der Waals surface area contributed by atoms with Crippen molar-refractivity contribution < 1.29 is 0 Å². The van der Waals surface area contributed by atoms with Crippen LogP contribution in [0.25, 0.3) is 145 Å². The van der Waals surface area contributed by atoms with E-state index in [-0.39, 0.29) is 6.39 Å². The molecule has 6 heterocycles. The van der Waals surface area contributed by atoms with Gasteiger partial charge < -0.3 is 9.13 Å². The highest BCUT2D eigenvalue weighted by Gasteiger charge is 2.20. The predicted molar refractivity (Wildman–Crippen MR) is 419 cm³/mol. The third-order valence-electron chi connectivity index (χ3n) is 17.0. The van der Waals surface area contributed by atoms with Gasteiger partial charge in [0.15, 0.2) is 11.6 Å². The number of para-hydroxylation sites is 2. The molecule has 443 valence electrons. The van der Waals surface area contributed by atoms with Crippen molar-refractivity contribution in [3.05, 3.63) is 313 Å². The first-order chi connectivity index (χ1) is 47.5. The highest BCUT2D eigenvalue weighted by molar-refractivity contribution is 9.10. The molecule has 0 atom stereocenters. The highest BCUT2D eigenvalue weighted by atomic mass is 79.9.